The van der Waals surface area contributed by atoms with E-state index in [0.717, 1.165) is 37.8 Å². The minimum Gasteiger partial charge on any atom is -0.481 e. The lowest BCUT2D eigenvalue weighted by Gasteiger charge is -2.39. The van der Waals surface area contributed by atoms with Crippen LogP contribution in [0.3, 0.4) is 0 Å². The molecule has 1 N–H and O–H groups in total. The average Bonchev–Trinajstić information content (AvgIpc) is 2.43. The molecule has 4 heteroatoms. The number of para-hydroxylation sites is 1. The first kappa shape index (κ1) is 15.1. The van der Waals surface area contributed by atoms with Crippen molar-refractivity contribution in [2.45, 2.75) is 51.4 Å². The molecule has 1 heterocycles. The maximum Gasteiger partial charge on any atom is 0.310 e. The molecular formula is C18H23NO3. The molecule has 4 nitrogen and oxygen atoms in total. The summed E-state index contributed by atoms with van der Waals surface area (Å²) in [5.41, 5.74) is 1.37. The number of anilines is 1. The molecule has 1 aliphatic carbocycles. The van der Waals surface area contributed by atoms with Gasteiger partial charge in [0.1, 0.15) is 0 Å². The number of hydrogen-bond donors (Lipinski definition) is 1. The van der Waals surface area contributed by atoms with E-state index in [1.165, 1.54) is 5.56 Å². The number of carboxylic acid groups (broad SMARTS) is 1. The highest BCUT2D eigenvalue weighted by Crippen LogP contribution is 2.45. The number of nitrogens with zero attached hydrogens (tertiary/aromatic N) is 1. The van der Waals surface area contributed by atoms with E-state index in [-0.39, 0.29) is 12.3 Å². The van der Waals surface area contributed by atoms with Crippen LogP contribution in [0.25, 0.3) is 0 Å². The van der Waals surface area contributed by atoms with Crippen molar-refractivity contribution in [1.82, 2.24) is 0 Å². The Morgan fingerprint density at radius 1 is 1.09 bits per heavy atom. The number of fused-ring (bicyclic) bond motifs is 1. The van der Waals surface area contributed by atoms with Crippen molar-refractivity contribution in [3.63, 3.8) is 0 Å². The van der Waals surface area contributed by atoms with Crippen LogP contribution in [0.15, 0.2) is 24.3 Å². The molecule has 2 aliphatic rings. The number of carbonyl (C=O) groups is 2. The summed E-state index contributed by atoms with van der Waals surface area (Å²) >= 11 is 0. The summed E-state index contributed by atoms with van der Waals surface area (Å²) in [6, 6.07) is 8.04. The van der Waals surface area contributed by atoms with Gasteiger partial charge in [0.15, 0.2) is 0 Å². The lowest BCUT2D eigenvalue weighted by Crippen LogP contribution is -2.44. The lowest BCUT2D eigenvalue weighted by atomic mass is 9.66. The molecule has 22 heavy (non-hydrogen) atoms. The van der Waals surface area contributed by atoms with Gasteiger partial charge in [-0.3, -0.25) is 9.59 Å². The Bertz CT molecular complexity index is 577. The molecule has 0 unspecified atom stereocenters. The molecule has 3 rings (SSSR count). The highest BCUT2D eigenvalue weighted by Gasteiger charge is 2.46. The van der Waals surface area contributed by atoms with Gasteiger partial charge in [-0.1, -0.05) is 31.0 Å². The Hall–Kier alpha value is -1.84. The monoisotopic (exact) mass is 301 g/mol. The van der Waals surface area contributed by atoms with E-state index in [1.807, 2.05) is 23.1 Å². The maximum atomic E-state index is 12.8. The molecule has 0 spiro atoms. The molecule has 1 aromatic rings. The fraction of sp³-hybridized carbons (Fsp3) is 0.556. The molecule has 1 aliphatic heterocycles. The summed E-state index contributed by atoms with van der Waals surface area (Å²) < 4.78 is 0. The van der Waals surface area contributed by atoms with Gasteiger partial charge in [-0.25, -0.2) is 0 Å². The van der Waals surface area contributed by atoms with Crippen molar-refractivity contribution < 1.29 is 14.7 Å². The topological polar surface area (TPSA) is 57.6 Å². The van der Waals surface area contributed by atoms with E-state index in [2.05, 4.69) is 6.07 Å². The lowest BCUT2D eigenvalue weighted by molar-refractivity contribution is -0.157. The Kier molecular flexibility index (Phi) is 4.19. The molecule has 0 bridgehead atoms. The molecule has 0 radical (unpaired) electrons. The van der Waals surface area contributed by atoms with Gasteiger partial charge in [-0.15, -0.1) is 0 Å². The zero-order chi connectivity index (χ0) is 15.6. The molecule has 118 valence electrons. The minimum absolute atomic E-state index is 0.0311. The molecule has 1 aromatic carbocycles. The smallest absolute Gasteiger partial charge is 0.310 e. The fourth-order valence-electron chi connectivity index (χ4n) is 3.58. The van der Waals surface area contributed by atoms with E-state index < -0.39 is 11.4 Å². The van der Waals surface area contributed by atoms with Gasteiger partial charge in [-0.2, -0.15) is 0 Å². The second-order valence-corrected chi connectivity index (χ2v) is 6.60. The molecule has 0 aromatic heterocycles. The Morgan fingerprint density at radius 3 is 2.55 bits per heavy atom. The first-order chi connectivity index (χ1) is 10.6. The number of aliphatic carboxylic acids is 1. The molecule has 1 amide bonds. The Balaban J connectivity index is 1.84. The average molecular weight is 301 g/mol. The number of carboxylic acids is 1. The predicted octanol–water partition coefficient (Wildman–Crippen LogP) is 3.39. The highest BCUT2D eigenvalue weighted by atomic mass is 16.4. The minimum atomic E-state index is -0.813. The standard InChI is InChI=1S/C18H23NO3/c20-16(13-18(17(21)22)10-6-11-18)19-12-5-1-2-7-14-8-3-4-9-15(14)19/h3-4,8-9H,1-2,5-7,10-13H2,(H,21,22). The van der Waals surface area contributed by atoms with Gasteiger partial charge >= 0.3 is 5.97 Å². The van der Waals surface area contributed by atoms with Crippen molar-refractivity contribution in [3.05, 3.63) is 29.8 Å². The third-order valence-corrected chi connectivity index (χ3v) is 5.17. The SMILES string of the molecule is O=C(CC1(C(=O)O)CCC1)N1CCCCCc2ccccc21. The van der Waals surface area contributed by atoms with Gasteiger partial charge in [0, 0.05) is 18.7 Å². The molecule has 0 atom stereocenters. The highest BCUT2D eigenvalue weighted by molar-refractivity contribution is 5.97. The number of rotatable bonds is 3. The third-order valence-electron chi connectivity index (χ3n) is 5.17. The van der Waals surface area contributed by atoms with Crippen LogP contribution in [0.5, 0.6) is 0 Å². The van der Waals surface area contributed by atoms with Crippen molar-refractivity contribution in [2.24, 2.45) is 5.41 Å². The predicted molar refractivity (Wildman–Crippen MR) is 84.9 cm³/mol. The third kappa shape index (κ3) is 2.74. The second kappa shape index (κ2) is 6.11. The van der Waals surface area contributed by atoms with Crippen LogP contribution in [0.2, 0.25) is 0 Å². The largest absolute Gasteiger partial charge is 0.481 e. The van der Waals surface area contributed by atoms with E-state index in [9.17, 15) is 14.7 Å². The second-order valence-electron chi connectivity index (χ2n) is 6.60. The summed E-state index contributed by atoms with van der Waals surface area (Å²) in [7, 11) is 0. The van der Waals surface area contributed by atoms with Crippen molar-refractivity contribution in [2.75, 3.05) is 11.4 Å². The van der Waals surface area contributed by atoms with Gasteiger partial charge in [-0.05, 0) is 43.7 Å². The van der Waals surface area contributed by atoms with Crippen LogP contribution in [0, 0.1) is 5.41 Å². The number of aryl methyl sites for hydroxylation is 1. The van der Waals surface area contributed by atoms with E-state index in [0.29, 0.717) is 19.4 Å². The van der Waals surface area contributed by atoms with Crippen LogP contribution < -0.4 is 4.90 Å². The van der Waals surface area contributed by atoms with E-state index in [1.54, 1.807) is 0 Å². The van der Waals surface area contributed by atoms with Gasteiger partial charge in [0.25, 0.3) is 0 Å². The first-order valence-electron chi connectivity index (χ1n) is 8.24. The Labute approximate surface area is 131 Å². The van der Waals surface area contributed by atoms with Crippen molar-refractivity contribution in [1.29, 1.82) is 0 Å². The number of hydrogen-bond acceptors (Lipinski definition) is 2. The maximum absolute atomic E-state index is 12.8. The van der Waals surface area contributed by atoms with Gasteiger partial charge < -0.3 is 10.0 Å². The normalized spacial score (nSPS) is 20.3. The van der Waals surface area contributed by atoms with Crippen LogP contribution in [-0.2, 0) is 16.0 Å². The van der Waals surface area contributed by atoms with Gasteiger partial charge in [0.2, 0.25) is 5.91 Å². The van der Waals surface area contributed by atoms with Crippen LogP contribution >= 0.6 is 0 Å². The first-order valence-corrected chi connectivity index (χ1v) is 8.24. The summed E-state index contributed by atoms with van der Waals surface area (Å²) in [6.45, 7) is 0.700. The van der Waals surface area contributed by atoms with Crippen molar-refractivity contribution in [3.8, 4) is 0 Å². The number of benzene rings is 1. The van der Waals surface area contributed by atoms with Crippen LogP contribution in [0.4, 0.5) is 5.69 Å². The molecule has 0 saturated heterocycles. The van der Waals surface area contributed by atoms with E-state index >= 15 is 0 Å². The quantitative estimate of drug-likeness (QED) is 0.931. The number of amides is 1. The van der Waals surface area contributed by atoms with Crippen LogP contribution in [-0.4, -0.2) is 23.5 Å². The molecule has 1 fully saturated rings. The van der Waals surface area contributed by atoms with Crippen molar-refractivity contribution >= 4 is 17.6 Å². The Morgan fingerprint density at radius 2 is 1.86 bits per heavy atom. The molecular weight excluding hydrogens is 278 g/mol. The van der Waals surface area contributed by atoms with Gasteiger partial charge in [0.05, 0.1) is 5.41 Å². The van der Waals surface area contributed by atoms with E-state index in [4.69, 9.17) is 0 Å². The number of carbonyl (C=O) groups excluding carboxylic acids is 1. The summed E-state index contributed by atoms with van der Waals surface area (Å²) in [5.74, 6) is -0.844. The van der Waals surface area contributed by atoms with Crippen LogP contribution in [0.1, 0.15) is 50.5 Å². The fourth-order valence-corrected chi connectivity index (χ4v) is 3.58. The summed E-state index contributed by atoms with van der Waals surface area (Å²) in [6.07, 6.45) is 6.55. The summed E-state index contributed by atoms with van der Waals surface area (Å²) in [5, 5.41) is 9.46. The zero-order valence-corrected chi connectivity index (χ0v) is 12.9. The zero-order valence-electron chi connectivity index (χ0n) is 12.9. The molecule has 1 saturated carbocycles. The summed E-state index contributed by atoms with van der Waals surface area (Å²) in [4.78, 5) is 26.2.